The second-order valence-corrected chi connectivity index (χ2v) is 7.47. The number of nitro groups is 1. The Bertz CT molecular complexity index is 1220. The lowest BCUT2D eigenvalue weighted by Gasteiger charge is -2.14. The average molecular weight is 535 g/mol. The third-order valence-electron chi connectivity index (χ3n) is 5.09. The number of nitrogens with zero attached hydrogens (tertiary/aromatic N) is 3. The van der Waals surface area contributed by atoms with E-state index in [0.29, 0.717) is 22.6 Å². The normalized spacial score (nSPS) is 14.9. The fraction of sp³-hybridized carbons (Fsp3) is 0.227. The van der Waals surface area contributed by atoms with Gasteiger partial charge in [0, 0.05) is 24.6 Å². The number of carbonyl (C=O) groups is 2. The molecule has 2 aromatic heterocycles. The Hall–Kier alpha value is -3.80. The van der Waals surface area contributed by atoms with Gasteiger partial charge in [-0.1, -0.05) is 0 Å². The maximum absolute atomic E-state index is 14.9. The molecular formula is C22H20BrFN4O6. The molecule has 3 aromatic rings. The number of amides is 2. The van der Waals surface area contributed by atoms with E-state index in [1.165, 1.54) is 30.0 Å². The van der Waals surface area contributed by atoms with Crippen LogP contribution < -0.4 is 31.8 Å². The first-order valence-corrected chi connectivity index (χ1v) is 10.0. The molecule has 2 amide bonds. The standard InChI is InChI=1S/C22H19FN4O6.BrH/c1-14(28)24-11-18-13-26(22(29)33-18)16-2-4-19(20(23)10-16)15-6-8-25(9-7-15)12-17-3-5-21(32-17)27(30)31;/h2-10,18H,11-13H2,1H3;1H. The molecule has 0 saturated carbocycles. The minimum absolute atomic E-state index is 0. The Morgan fingerprint density at radius 1 is 1.26 bits per heavy atom. The van der Waals surface area contributed by atoms with E-state index in [9.17, 15) is 24.1 Å². The van der Waals surface area contributed by atoms with Crippen molar-refractivity contribution in [1.29, 1.82) is 0 Å². The van der Waals surface area contributed by atoms with Gasteiger partial charge in [-0.05, 0) is 29.8 Å². The number of pyridine rings is 1. The summed E-state index contributed by atoms with van der Waals surface area (Å²) in [6.07, 6.45) is 2.31. The fourth-order valence-corrected chi connectivity index (χ4v) is 3.47. The van der Waals surface area contributed by atoms with Gasteiger partial charge in [-0.15, -0.1) is 0 Å². The summed E-state index contributed by atoms with van der Waals surface area (Å²) in [6, 6.07) is 10.7. The van der Waals surface area contributed by atoms with Crippen LogP contribution in [0.5, 0.6) is 0 Å². The zero-order chi connectivity index (χ0) is 23.5. The van der Waals surface area contributed by atoms with E-state index in [0.717, 1.165) is 0 Å². The Balaban J connectivity index is 0.00000324. The van der Waals surface area contributed by atoms with Crippen molar-refractivity contribution in [1.82, 2.24) is 5.32 Å². The van der Waals surface area contributed by atoms with Gasteiger partial charge in [0.2, 0.25) is 12.5 Å². The highest BCUT2D eigenvalue weighted by Crippen LogP contribution is 2.28. The lowest BCUT2D eigenvalue weighted by atomic mass is 10.1. The van der Waals surface area contributed by atoms with E-state index >= 15 is 0 Å². The summed E-state index contributed by atoms with van der Waals surface area (Å²) in [5, 5.41) is 13.3. The number of cyclic esters (lactones) is 1. The molecule has 0 radical (unpaired) electrons. The molecule has 1 aromatic carbocycles. The second kappa shape index (κ2) is 10.4. The fourth-order valence-electron chi connectivity index (χ4n) is 3.47. The average Bonchev–Trinajstić information content (AvgIpc) is 3.39. The molecule has 1 unspecified atom stereocenters. The monoisotopic (exact) mass is 534 g/mol. The Morgan fingerprint density at radius 3 is 2.62 bits per heavy atom. The molecule has 3 heterocycles. The van der Waals surface area contributed by atoms with Crippen LogP contribution in [0.2, 0.25) is 0 Å². The molecule has 0 spiro atoms. The number of rotatable bonds is 7. The molecule has 1 aliphatic heterocycles. The van der Waals surface area contributed by atoms with Gasteiger partial charge in [0.15, 0.2) is 18.2 Å². The highest BCUT2D eigenvalue weighted by Gasteiger charge is 2.32. The topological polar surface area (TPSA) is 119 Å². The highest BCUT2D eigenvalue weighted by molar-refractivity contribution is 5.90. The summed E-state index contributed by atoms with van der Waals surface area (Å²) in [6.45, 7) is 2.05. The predicted molar refractivity (Wildman–Crippen MR) is 113 cm³/mol. The number of aromatic nitrogens is 1. The van der Waals surface area contributed by atoms with E-state index < -0.39 is 22.9 Å². The second-order valence-electron chi connectivity index (χ2n) is 7.47. The van der Waals surface area contributed by atoms with Crippen LogP contribution in [0.3, 0.4) is 0 Å². The van der Waals surface area contributed by atoms with Gasteiger partial charge in [-0.2, -0.15) is 4.57 Å². The number of furan rings is 1. The lowest BCUT2D eigenvalue weighted by molar-refractivity contribution is -0.690. The third kappa shape index (κ3) is 5.57. The number of halogens is 2. The van der Waals surface area contributed by atoms with Crippen LogP contribution in [0.15, 0.2) is 59.3 Å². The van der Waals surface area contributed by atoms with E-state index in [-0.39, 0.29) is 48.4 Å². The maximum Gasteiger partial charge on any atom is 0.433 e. The van der Waals surface area contributed by atoms with Crippen LogP contribution in [-0.4, -0.2) is 36.1 Å². The number of anilines is 1. The smallest absolute Gasteiger partial charge is 0.433 e. The minimum Gasteiger partial charge on any atom is -1.00 e. The number of hydrogen-bond donors (Lipinski definition) is 1. The molecule has 0 bridgehead atoms. The van der Waals surface area contributed by atoms with Crippen molar-refractivity contribution in [3.05, 3.63) is 76.6 Å². The molecule has 4 rings (SSSR count). The summed E-state index contributed by atoms with van der Waals surface area (Å²) < 4.78 is 27.0. The van der Waals surface area contributed by atoms with Gasteiger partial charge in [0.05, 0.1) is 24.8 Å². The molecule has 12 heteroatoms. The molecule has 0 aliphatic carbocycles. The van der Waals surface area contributed by atoms with Gasteiger partial charge in [-0.3, -0.25) is 19.8 Å². The first kappa shape index (κ1) is 24.8. The summed E-state index contributed by atoms with van der Waals surface area (Å²) in [5.41, 5.74) is 1.33. The number of carbonyl (C=O) groups excluding carboxylic acids is 2. The molecule has 1 N–H and O–H groups in total. The van der Waals surface area contributed by atoms with Crippen LogP contribution in [-0.2, 0) is 16.1 Å². The molecule has 178 valence electrons. The first-order chi connectivity index (χ1) is 15.8. The van der Waals surface area contributed by atoms with E-state index in [4.69, 9.17) is 9.15 Å². The SMILES string of the molecule is CC(=O)NCC1CN(c2ccc(-c3cc[n+](Cc4ccc([N+](=O)[O-])o4)cc3)c(F)c2)C(=O)O1.[Br-]. The summed E-state index contributed by atoms with van der Waals surface area (Å²) in [5.74, 6) is -0.642. The maximum atomic E-state index is 14.9. The molecule has 1 aliphatic rings. The van der Waals surface area contributed by atoms with Crippen molar-refractivity contribution in [2.45, 2.75) is 19.6 Å². The van der Waals surface area contributed by atoms with Crippen LogP contribution >= 0.6 is 0 Å². The molecule has 1 atom stereocenters. The van der Waals surface area contributed by atoms with Crippen molar-refractivity contribution in [2.75, 3.05) is 18.0 Å². The zero-order valence-electron chi connectivity index (χ0n) is 17.9. The van der Waals surface area contributed by atoms with Gasteiger partial charge in [0.25, 0.3) is 0 Å². The third-order valence-corrected chi connectivity index (χ3v) is 5.09. The molecular weight excluding hydrogens is 515 g/mol. The van der Waals surface area contributed by atoms with Crippen molar-refractivity contribution >= 4 is 23.6 Å². The Labute approximate surface area is 203 Å². The van der Waals surface area contributed by atoms with Crippen molar-refractivity contribution in [3.63, 3.8) is 0 Å². The van der Waals surface area contributed by atoms with Gasteiger partial charge in [-0.25, -0.2) is 9.18 Å². The lowest BCUT2D eigenvalue weighted by Crippen LogP contribution is -3.00. The van der Waals surface area contributed by atoms with Crippen LogP contribution in [0, 0.1) is 15.9 Å². The summed E-state index contributed by atoms with van der Waals surface area (Å²) in [7, 11) is 0. The zero-order valence-corrected chi connectivity index (χ0v) is 19.5. The summed E-state index contributed by atoms with van der Waals surface area (Å²) >= 11 is 0. The van der Waals surface area contributed by atoms with E-state index in [1.807, 2.05) is 0 Å². The number of ether oxygens (including phenoxy) is 1. The Morgan fingerprint density at radius 2 is 2.00 bits per heavy atom. The Kier molecular flexibility index (Phi) is 7.61. The predicted octanol–water partition coefficient (Wildman–Crippen LogP) is -0.205. The van der Waals surface area contributed by atoms with Gasteiger partial charge >= 0.3 is 12.0 Å². The summed E-state index contributed by atoms with van der Waals surface area (Å²) in [4.78, 5) is 34.6. The molecule has 1 fully saturated rings. The quantitative estimate of drug-likeness (QED) is 0.254. The molecule has 10 nitrogen and oxygen atoms in total. The number of benzene rings is 1. The van der Waals surface area contributed by atoms with Crippen LogP contribution in [0.4, 0.5) is 20.8 Å². The largest absolute Gasteiger partial charge is 1.00 e. The van der Waals surface area contributed by atoms with Crippen molar-refractivity contribution in [3.8, 4) is 11.1 Å². The van der Waals surface area contributed by atoms with Gasteiger partial charge in [0.1, 0.15) is 16.8 Å². The van der Waals surface area contributed by atoms with Crippen LogP contribution in [0.25, 0.3) is 11.1 Å². The van der Waals surface area contributed by atoms with Crippen molar-refractivity contribution in [2.24, 2.45) is 0 Å². The highest BCUT2D eigenvalue weighted by atomic mass is 79.9. The first-order valence-electron chi connectivity index (χ1n) is 10.0. The molecule has 34 heavy (non-hydrogen) atoms. The number of nitrogens with one attached hydrogen (secondary N) is 1. The van der Waals surface area contributed by atoms with E-state index in [1.54, 1.807) is 41.2 Å². The van der Waals surface area contributed by atoms with Gasteiger partial charge < -0.3 is 31.5 Å². The van der Waals surface area contributed by atoms with Crippen molar-refractivity contribution < 1.29 is 49.6 Å². The van der Waals surface area contributed by atoms with E-state index in [2.05, 4.69) is 5.32 Å². The molecule has 1 saturated heterocycles. The number of hydrogen-bond acceptors (Lipinski definition) is 6. The van der Waals surface area contributed by atoms with Crippen LogP contribution in [0.1, 0.15) is 12.7 Å². The minimum atomic E-state index is -0.602.